The van der Waals surface area contributed by atoms with Crippen LogP contribution in [-0.2, 0) is 4.79 Å². The Kier molecular flexibility index (Phi) is 6.10. The van der Waals surface area contributed by atoms with Crippen molar-refractivity contribution < 1.29 is 14.0 Å². The third kappa shape index (κ3) is 5.03. The molecule has 0 radical (unpaired) electrons. The molecule has 1 aromatic carbocycles. The SMILES string of the molecule is CCC(C)NC(=O)CN1CCN(C(=O)c2ccc(F)cc2)CC1. The van der Waals surface area contributed by atoms with Crippen molar-refractivity contribution in [2.45, 2.75) is 26.3 Å². The molecule has 1 saturated heterocycles. The first-order valence-electron chi connectivity index (χ1n) is 8.06. The average molecular weight is 321 g/mol. The molecule has 2 amide bonds. The van der Waals surface area contributed by atoms with Crippen LogP contribution >= 0.6 is 0 Å². The molecule has 2 rings (SSSR count). The highest BCUT2D eigenvalue weighted by molar-refractivity contribution is 5.94. The molecule has 126 valence electrons. The highest BCUT2D eigenvalue weighted by atomic mass is 19.1. The zero-order valence-corrected chi connectivity index (χ0v) is 13.7. The second-order valence-electron chi connectivity index (χ2n) is 5.95. The fourth-order valence-corrected chi connectivity index (χ4v) is 2.51. The van der Waals surface area contributed by atoms with Crippen LogP contribution in [-0.4, -0.2) is 60.4 Å². The normalized spacial score (nSPS) is 16.9. The van der Waals surface area contributed by atoms with Gasteiger partial charge in [-0.2, -0.15) is 0 Å². The molecule has 1 atom stereocenters. The van der Waals surface area contributed by atoms with Gasteiger partial charge >= 0.3 is 0 Å². The van der Waals surface area contributed by atoms with E-state index in [2.05, 4.69) is 5.32 Å². The molecule has 0 bridgehead atoms. The fraction of sp³-hybridized carbons (Fsp3) is 0.529. The van der Waals surface area contributed by atoms with Crippen LogP contribution in [0.25, 0.3) is 0 Å². The van der Waals surface area contributed by atoms with Crippen LogP contribution in [0, 0.1) is 5.82 Å². The van der Waals surface area contributed by atoms with Crippen molar-refractivity contribution in [1.82, 2.24) is 15.1 Å². The monoisotopic (exact) mass is 321 g/mol. The number of carbonyl (C=O) groups is 2. The van der Waals surface area contributed by atoms with Crippen LogP contribution in [0.1, 0.15) is 30.6 Å². The lowest BCUT2D eigenvalue weighted by atomic mass is 10.1. The number of benzene rings is 1. The number of nitrogens with one attached hydrogen (secondary N) is 1. The Hall–Kier alpha value is -1.95. The molecule has 0 aromatic heterocycles. The van der Waals surface area contributed by atoms with Crippen molar-refractivity contribution in [3.63, 3.8) is 0 Å². The van der Waals surface area contributed by atoms with Gasteiger partial charge in [0, 0.05) is 37.8 Å². The van der Waals surface area contributed by atoms with Gasteiger partial charge in [-0.1, -0.05) is 6.92 Å². The van der Waals surface area contributed by atoms with Gasteiger partial charge in [0.05, 0.1) is 6.54 Å². The minimum atomic E-state index is -0.348. The molecular formula is C17H24FN3O2. The molecule has 0 aliphatic carbocycles. The second-order valence-corrected chi connectivity index (χ2v) is 5.95. The van der Waals surface area contributed by atoms with Crippen LogP contribution in [0.5, 0.6) is 0 Å². The van der Waals surface area contributed by atoms with Crippen LogP contribution in [0.2, 0.25) is 0 Å². The molecule has 1 aliphatic heterocycles. The summed E-state index contributed by atoms with van der Waals surface area (Å²) in [5, 5.41) is 2.95. The highest BCUT2D eigenvalue weighted by Crippen LogP contribution is 2.10. The van der Waals surface area contributed by atoms with Crippen LogP contribution < -0.4 is 5.32 Å². The van der Waals surface area contributed by atoms with Crippen molar-refractivity contribution in [2.24, 2.45) is 0 Å². The smallest absolute Gasteiger partial charge is 0.253 e. The Morgan fingerprint density at radius 3 is 2.35 bits per heavy atom. The molecule has 1 fully saturated rings. The first-order valence-corrected chi connectivity index (χ1v) is 8.06. The fourth-order valence-electron chi connectivity index (χ4n) is 2.51. The standard InChI is InChI=1S/C17H24FN3O2/c1-3-13(2)19-16(22)12-20-8-10-21(11-9-20)17(23)14-4-6-15(18)7-5-14/h4-7,13H,3,8-12H2,1-2H3,(H,19,22). The molecule has 1 aromatic rings. The number of amides is 2. The maximum absolute atomic E-state index is 12.9. The Morgan fingerprint density at radius 2 is 1.78 bits per heavy atom. The molecule has 0 spiro atoms. The summed E-state index contributed by atoms with van der Waals surface area (Å²) < 4.78 is 12.9. The third-order valence-corrected chi connectivity index (χ3v) is 4.14. The van der Waals surface area contributed by atoms with Crippen molar-refractivity contribution >= 4 is 11.8 Å². The molecule has 1 N–H and O–H groups in total. The van der Waals surface area contributed by atoms with E-state index in [9.17, 15) is 14.0 Å². The second kappa shape index (κ2) is 8.06. The minimum Gasteiger partial charge on any atom is -0.353 e. The predicted octanol–water partition coefficient (Wildman–Crippen LogP) is 1.50. The molecule has 0 saturated carbocycles. The Labute approximate surface area is 136 Å². The molecular weight excluding hydrogens is 297 g/mol. The van der Waals surface area contributed by atoms with Gasteiger partial charge in [0.2, 0.25) is 5.91 Å². The molecule has 6 heteroatoms. The van der Waals surface area contributed by atoms with Crippen molar-refractivity contribution in [2.75, 3.05) is 32.7 Å². The Morgan fingerprint density at radius 1 is 1.17 bits per heavy atom. The largest absolute Gasteiger partial charge is 0.353 e. The summed E-state index contributed by atoms with van der Waals surface area (Å²) in [6.07, 6.45) is 0.908. The average Bonchev–Trinajstić information content (AvgIpc) is 2.55. The summed E-state index contributed by atoms with van der Waals surface area (Å²) in [4.78, 5) is 28.0. The van der Waals surface area contributed by atoms with Gasteiger partial charge in [0.1, 0.15) is 5.82 Å². The van der Waals surface area contributed by atoms with Crippen molar-refractivity contribution in [3.05, 3.63) is 35.6 Å². The number of piperazine rings is 1. The van der Waals surface area contributed by atoms with E-state index in [0.29, 0.717) is 38.3 Å². The first-order chi connectivity index (χ1) is 11.0. The Bertz CT molecular complexity index is 539. The van der Waals surface area contributed by atoms with E-state index in [1.807, 2.05) is 18.7 Å². The molecule has 1 unspecified atom stereocenters. The van der Waals surface area contributed by atoms with Gasteiger partial charge in [-0.15, -0.1) is 0 Å². The molecule has 5 nitrogen and oxygen atoms in total. The van der Waals surface area contributed by atoms with E-state index in [1.165, 1.54) is 24.3 Å². The summed E-state index contributed by atoms with van der Waals surface area (Å²) >= 11 is 0. The summed E-state index contributed by atoms with van der Waals surface area (Å²) in [5.41, 5.74) is 0.495. The number of rotatable bonds is 5. The van der Waals surface area contributed by atoms with E-state index in [1.54, 1.807) is 4.90 Å². The number of nitrogens with zero attached hydrogens (tertiary/aromatic N) is 2. The van der Waals surface area contributed by atoms with Gasteiger partial charge in [-0.05, 0) is 37.6 Å². The van der Waals surface area contributed by atoms with E-state index < -0.39 is 0 Å². The van der Waals surface area contributed by atoms with Gasteiger partial charge in [0.15, 0.2) is 0 Å². The number of hydrogen-bond acceptors (Lipinski definition) is 3. The summed E-state index contributed by atoms with van der Waals surface area (Å²) in [5.74, 6) is -0.412. The Balaban J connectivity index is 1.80. The van der Waals surface area contributed by atoms with Crippen LogP contribution in [0.4, 0.5) is 4.39 Å². The minimum absolute atomic E-state index is 0.0256. The maximum Gasteiger partial charge on any atom is 0.253 e. The number of carbonyl (C=O) groups excluding carboxylic acids is 2. The van der Waals surface area contributed by atoms with Gasteiger partial charge < -0.3 is 10.2 Å². The predicted molar refractivity (Wildman–Crippen MR) is 86.6 cm³/mol. The van der Waals surface area contributed by atoms with Gasteiger partial charge in [-0.3, -0.25) is 14.5 Å². The summed E-state index contributed by atoms with van der Waals surface area (Å²) in [6, 6.07) is 5.78. The van der Waals surface area contributed by atoms with Crippen molar-refractivity contribution in [3.8, 4) is 0 Å². The number of hydrogen-bond donors (Lipinski definition) is 1. The third-order valence-electron chi connectivity index (χ3n) is 4.14. The molecule has 1 aliphatic rings. The maximum atomic E-state index is 12.9. The topological polar surface area (TPSA) is 52.7 Å². The van der Waals surface area contributed by atoms with Crippen molar-refractivity contribution in [1.29, 1.82) is 0 Å². The molecule has 23 heavy (non-hydrogen) atoms. The van der Waals surface area contributed by atoms with E-state index >= 15 is 0 Å². The lowest BCUT2D eigenvalue weighted by Crippen LogP contribution is -2.51. The van der Waals surface area contributed by atoms with Crippen LogP contribution in [0.15, 0.2) is 24.3 Å². The zero-order chi connectivity index (χ0) is 16.8. The molecule has 1 heterocycles. The number of halogens is 1. The van der Waals surface area contributed by atoms with E-state index in [4.69, 9.17) is 0 Å². The first kappa shape index (κ1) is 17.4. The quantitative estimate of drug-likeness (QED) is 0.894. The highest BCUT2D eigenvalue weighted by Gasteiger charge is 2.23. The van der Waals surface area contributed by atoms with E-state index in [-0.39, 0.29) is 23.7 Å². The van der Waals surface area contributed by atoms with Gasteiger partial charge in [0.25, 0.3) is 5.91 Å². The summed E-state index contributed by atoms with van der Waals surface area (Å²) in [7, 11) is 0. The van der Waals surface area contributed by atoms with E-state index in [0.717, 1.165) is 6.42 Å². The summed E-state index contributed by atoms with van der Waals surface area (Å²) in [6.45, 7) is 6.87. The van der Waals surface area contributed by atoms with Gasteiger partial charge in [-0.25, -0.2) is 4.39 Å². The zero-order valence-electron chi connectivity index (χ0n) is 13.7. The lowest BCUT2D eigenvalue weighted by molar-refractivity contribution is -0.123. The lowest BCUT2D eigenvalue weighted by Gasteiger charge is -2.34. The van der Waals surface area contributed by atoms with Crippen LogP contribution in [0.3, 0.4) is 0 Å².